The zero-order valence-electron chi connectivity index (χ0n) is 12.3. The van der Waals surface area contributed by atoms with Gasteiger partial charge in [0.1, 0.15) is 18.0 Å². The summed E-state index contributed by atoms with van der Waals surface area (Å²) in [6.45, 7) is 2.04. The molecule has 1 aliphatic heterocycles. The Hall–Kier alpha value is -2.83. The van der Waals surface area contributed by atoms with E-state index >= 15 is 0 Å². The van der Waals surface area contributed by atoms with Gasteiger partial charge < -0.3 is 14.8 Å². The van der Waals surface area contributed by atoms with Crippen molar-refractivity contribution in [2.45, 2.75) is 6.92 Å². The Balaban J connectivity index is 2.13. The molecule has 0 bridgehead atoms. The van der Waals surface area contributed by atoms with Crippen molar-refractivity contribution >= 4 is 24.0 Å². The van der Waals surface area contributed by atoms with Crippen molar-refractivity contribution in [1.29, 1.82) is 0 Å². The summed E-state index contributed by atoms with van der Waals surface area (Å²) < 4.78 is 9.78. The van der Waals surface area contributed by atoms with Gasteiger partial charge >= 0.3 is 12.0 Å². The second-order valence-electron chi connectivity index (χ2n) is 4.46. The summed E-state index contributed by atoms with van der Waals surface area (Å²) in [4.78, 5) is 35.8. The van der Waals surface area contributed by atoms with Crippen molar-refractivity contribution in [3.63, 3.8) is 0 Å². The van der Waals surface area contributed by atoms with E-state index in [4.69, 9.17) is 4.74 Å². The lowest BCUT2D eigenvalue weighted by molar-refractivity contribution is -0.143. The minimum Gasteiger partial charge on any atom is -0.494 e. The fraction of sp³-hybridized carbons (Fsp3) is 0.267. The van der Waals surface area contributed by atoms with E-state index in [0.29, 0.717) is 6.61 Å². The summed E-state index contributed by atoms with van der Waals surface area (Å²) in [5, 5.41) is 2.43. The number of esters is 1. The highest BCUT2D eigenvalue weighted by Crippen LogP contribution is 2.17. The van der Waals surface area contributed by atoms with E-state index in [1.165, 1.54) is 13.2 Å². The number of hydrogen-bond donors (Lipinski definition) is 1. The van der Waals surface area contributed by atoms with Gasteiger partial charge in [0.2, 0.25) is 0 Å². The first-order valence-electron chi connectivity index (χ1n) is 6.69. The molecular formula is C15H16N2O5. The van der Waals surface area contributed by atoms with Gasteiger partial charge in [-0.1, -0.05) is 12.1 Å². The number of nitrogens with zero attached hydrogens (tertiary/aromatic N) is 1. The number of carbonyl (C=O) groups is 3. The maximum Gasteiger partial charge on any atom is 0.329 e. The Kier molecular flexibility index (Phi) is 4.77. The zero-order valence-corrected chi connectivity index (χ0v) is 12.3. The molecule has 1 aromatic rings. The maximum atomic E-state index is 12.1. The van der Waals surface area contributed by atoms with Crippen molar-refractivity contribution in [2.24, 2.45) is 0 Å². The Morgan fingerprint density at radius 2 is 1.95 bits per heavy atom. The summed E-state index contributed by atoms with van der Waals surface area (Å²) in [7, 11) is 1.19. The maximum absolute atomic E-state index is 12.1. The zero-order chi connectivity index (χ0) is 16.1. The molecule has 0 atom stereocenters. The van der Waals surface area contributed by atoms with E-state index < -0.39 is 24.5 Å². The Morgan fingerprint density at radius 1 is 1.27 bits per heavy atom. The van der Waals surface area contributed by atoms with Crippen LogP contribution in [0.25, 0.3) is 6.08 Å². The number of hydrogen-bond acceptors (Lipinski definition) is 5. The minimum absolute atomic E-state index is 0.109. The normalized spacial score (nSPS) is 15.9. The number of benzene rings is 1. The molecule has 1 N–H and O–H groups in total. The molecule has 1 heterocycles. The third-order valence-corrected chi connectivity index (χ3v) is 2.98. The Labute approximate surface area is 127 Å². The molecule has 1 saturated heterocycles. The van der Waals surface area contributed by atoms with Gasteiger partial charge in [0.05, 0.1) is 13.7 Å². The van der Waals surface area contributed by atoms with Crippen LogP contribution in [0.2, 0.25) is 0 Å². The van der Waals surface area contributed by atoms with Crippen molar-refractivity contribution < 1.29 is 23.9 Å². The number of ether oxygens (including phenoxy) is 2. The van der Waals surface area contributed by atoms with Crippen LogP contribution in [0.15, 0.2) is 30.0 Å². The number of methoxy groups -OCH3 is 1. The van der Waals surface area contributed by atoms with Gasteiger partial charge in [-0.3, -0.25) is 9.59 Å². The molecule has 0 aromatic heterocycles. The van der Waals surface area contributed by atoms with Crippen LogP contribution in [0.3, 0.4) is 0 Å². The predicted molar refractivity (Wildman–Crippen MR) is 77.8 cm³/mol. The largest absolute Gasteiger partial charge is 0.494 e. The molecule has 2 rings (SSSR count). The smallest absolute Gasteiger partial charge is 0.329 e. The van der Waals surface area contributed by atoms with Crippen LogP contribution in [0.4, 0.5) is 4.79 Å². The van der Waals surface area contributed by atoms with Gasteiger partial charge in [-0.2, -0.15) is 0 Å². The molecule has 0 unspecified atom stereocenters. The monoisotopic (exact) mass is 304 g/mol. The standard InChI is InChI=1S/C15H16N2O5/c1-3-22-11-6-4-10(5-7-11)8-12-14(19)17(15(20)16-12)9-13(18)21-2/h4-8H,3,9H2,1-2H3,(H,16,20)/b12-8+. The van der Waals surface area contributed by atoms with E-state index in [0.717, 1.165) is 16.2 Å². The summed E-state index contributed by atoms with van der Waals surface area (Å²) in [6, 6.07) is 6.42. The van der Waals surface area contributed by atoms with E-state index in [1.807, 2.05) is 6.92 Å². The van der Waals surface area contributed by atoms with E-state index in [9.17, 15) is 14.4 Å². The van der Waals surface area contributed by atoms with Gasteiger partial charge in [0.15, 0.2) is 0 Å². The molecule has 0 radical (unpaired) electrons. The third kappa shape index (κ3) is 3.43. The summed E-state index contributed by atoms with van der Waals surface area (Å²) in [6.07, 6.45) is 1.53. The first kappa shape index (κ1) is 15.6. The predicted octanol–water partition coefficient (Wildman–Crippen LogP) is 1.15. The quantitative estimate of drug-likeness (QED) is 0.501. The van der Waals surface area contributed by atoms with Crippen LogP contribution in [0.1, 0.15) is 12.5 Å². The number of rotatable bonds is 5. The number of nitrogens with one attached hydrogen (secondary N) is 1. The number of amides is 3. The lowest BCUT2D eigenvalue weighted by Gasteiger charge is -2.09. The fourth-order valence-electron chi connectivity index (χ4n) is 1.90. The fourth-order valence-corrected chi connectivity index (χ4v) is 1.90. The lowest BCUT2D eigenvalue weighted by Crippen LogP contribution is -2.36. The SMILES string of the molecule is CCOc1ccc(/C=C2/NC(=O)N(CC(=O)OC)C2=O)cc1. The third-order valence-electron chi connectivity index (χ3n) is 2.98. The highest BCUT2D eigenvalue weighted by Gasteiger charge is 2.35. The van der Waals surface area contributed by atoms with Gasteiger partial charge in [0, 0.05) is 0 Å². The van der Waals surface area contributed by atoms with Crippen LogP contribution in [0, 0.1) is 0 Å². The number of carbonyl (C=O) groups excluding carboxylic acids is 3. The van der Waals surface area contributed by atoms with Gasteiger partial charge in [-0.25, -0.2) is 9.69 Å². The van der Waals surface area contributed by atoms with Crippen LogP contribution >= 0.6 is 0 Å². The Bertz CT molecular complexity index is 621. The Morgan fingerprint density at radius 3 is 2.55 bits per heavy atom. The highest BCUT2D eigenvalue weighted by atomic mass is 16.5. The second-order valence-corrected chi connectivity index (χ2v) is 4.46. The molecule has 0 aliphatic carbocycles. The van der Waals surface area contributed by atoms with Crippen LogP contribution in [-0.4, -0.2) is 43.1 Å². The summed E-state index contributed by atoms with van der Waals surface area (Å²) in [5.41, 5.74) is 0.838. The average Bonchev–Trinajstić information content (AvgIpc) is 2.77. The molecular weight excluding hydrogens is 288 g/mol. The summed E-state index contributed by atoms with van der Waals surface area (Å²) in [5.74, 6) is -0.506. The van der Waals surface area contributed by atoms with Crippen molar-refractivity contribution in [3.8, 4) is 5.75 Å². The second kappa shape index (κ2) is 6.75. The number of imide groups is 1. The van der Waals surface area contributed by atoms with Gasteiger partial charge in [0.25, 0.3) is 5.91 Å². The van der Waals surface area contributed by atoms with Crippen LogP contribution < -0.4 is 10.1 Å². The van der Waals surface area contributed by atoms with Gasteiger partial charge in [-0.05, 0) is 30.7 Å². The molecule has 1 fully saturated rings. The van der Waals surface area contributed by atoms with Crippen molar-refractivity contribution in [2.75, 3.05) is 20.3 Å². The molecule has 1 aromatic carbocycles. The molecule has 116 valence electrons. The van der Waals surface area contributed by atoms with Crippen molar-refractivity contribution in [3.05, 3.63) is 35.5 Å². The van der Waals surface area contributed by atoms with Crippen LogP contribution in [-0.2, 0) is 14.3 Å². The molecule has 7 heteroatoms. The van der Waals surface area contributed by atoms with E-state index in [2.05, 4.69) is 10.1 Å². The first-order valence-corrected chi connectivity index (χ1v) is 6.69. The molecule has 0 saturated carbocycles. The molecule has 3 amide bonds. The topological polar surface area (TPSA) is 84.9 Å². The van der Waals surface area contributed by atoms with Crippen LogP contribution in [0.5, 0.6) is 5.75 Å². The van der Waals surface area contributed by atoms with E-state index in [1.54, 1.807) is 24.3 Å². The summed E-state index contributed by atoms with van der Waals surface area (Å²) >= 11 is 0. The molecule has 7 nitrogen and oxygen atoms in total. The number of urea groups is 1. The first-order chi connectivity index (χ1) is 10.5. The highest BCUT2D eigenvalue weighted by molar-refractivity contribution is 6.15. The average molecular weight is 304 g/mol. The molecule has 22 heavy (non-hydrogen) atoms. The van der Waals surface area contributed by atoms with Crippen molar-refractivity contribution in [1.82, 2.24) is 10.2 Å². The molecule has 1 aliphatic rings. The minimum atomic E-state index is -0.661. The van der Waals surface area contributed by atoms with Gasteiger partial charge in [-0.15, -0.1) is 0 Å². The lowest BCUT2D eigenvalue weighted by atomic mass is 10.2. The molecule has 0 spiro atoms. The van der Waals surface area contributed by atoms with E-state index in [-0.39, 0.29) is 5.70 Å².